The summed E-state index contributed by atoms with van der Waals surface area (Å²) in [6.45, 7) is 0. The Labute approximate surface area is 111 Å². The monoisotopic (exact) mass is 257 g/mol. The van der Waals surface area contributed by atoms with Crippen LogP contribution < -0.4 is 10.2 Å². The predicted molar refractivity (Wildman–Crippen MR) is 75.2 cm³/mol. The first-order chi connectivity index (χ1) is 9.08. The number of rotatable bonds is 4. The molecule has 0 aliphatic rings. The van der Waals surface area contributed by atoms with E-state index in [4.69, 9.17) is 5.11 Å². The number of aromatic nitrogens is 1. The van der Waals surface area contributed by atoms with Gasteiger partial charge in [0.25, 0.3) is 0 Å². The summed E-state index contributed by atoms with van der Waals surface area (Å²) in [4.78, 5) is 17.1. The van der Waals surface area contributed by atoms with Crippen LogP contribution in [0.5, 0.6) is 0 Å². The third-order valence-electron chi connectivity index (χ3n) is 2.68. The van der Waals surface area contributed by atoms with Crippen LogP contribution in [0, 0.1) is 0 Å². The van der Waals surface area contributed by atoms with Crippen LogP contribution in [0.15, 0.2) is 42.6 Å². The lowest BCUT2D eigenvalue weighted by Gasteiger charge is -2.13. The molecule has 98 valence electrons. The fourth-order valence-corrected chi connectivity index (χ4v) is 1.66. The molecular formula is C14H15N3O2. The van der Waals surface area contributed by atoms with Gasteiger partial charge in [0.05, 0.1) is 0 Å². The molecule has 0 aliphatic heterocycles. The Balaban J connectivity index is 2.24. The summed E-state index contributed by atoms with van der Waals surface area (Å²) in [7, 11) is 3.92. The van der Waals surface area contributed by atoms with E-state index in [1.54, 1.807) is 12.3 Å². The number of nitrogens with zero attached hydrogens (tertiary/aromatic N) is 2. The SMILES string of the molecule is CN(C)c1ccc(Nc2ncccc2C(=O)O)cc1. The summed E-state index contributed by atoms with van der Waals surface area (Å²) in [5.74, 6) is -0.659. The van der Waals surface area contributed by atoms with Gasteiger partial charge in [-0.15, -0.1) is 0 Å². The zero-order valence-electron chi connectivity index (χ0n) is 10.8. The molecule has 5 heteroatoms. The maximum Gasteiger partial charge on any atom is 0.339 e. The summed E-state index contributed by atoms with van der Waals surface area (Å²) < 4.78 is 0. The number of pyridine rings is 1. The van der Waals surface area contributed by atoms with E-state index in [1.165, 1.54) is 6.07 Å². The van der Waals surface area contributed by atoms with Crippen molar-refractivity contribution in [3.63, 3.8) is 0 Å². The van der Waals surface area contributed by atoms with Gasteiger partial charge >= 0.3 is 5.97 Å². The molecule has 1 aromatic heterocycles. The van der Waals surface area contributed by atoms with Crippen LogP contribution in [0.2, 0.25) is 0 Å². The maximum atomic E-state index is 11.1. The van der Waals surface area contributed by atoms with Gasteiger partial charge in [-0.25, -0.2) is 9.78 Å². The number of anilines is 3. The van der Waals surface area contributed by atoms with Crippen LogP contribution in [-0.4, -0.2) is 30.2 Å². The first kappa shape index (κ1) is 12.9. The molecule has 0 unspecified atom stereocenters. The Kier molecular flexibility index (Phi) is 3.66. The molecule has 0 bridgehead atoms. The van der Waals surface area contributed by atoms with Gasteiger partial charge in [0, 0.05) is 31.7 Å². The first-order valence-electron chi connectivity index (χ1n) is 5.80. The normalized spacial score (nSPS) is 10.0. The lowest BCUT2D eigenvalue weighted by atomic mass is 10.2. The van der Waals surface area contributed by atoms with Crippen LogP contribution in [0.4, 0.5) is 17.2 Å². The standard InChI is InChI=1S/C14H15N3O2/c1-17(2)11-7-5-10(6-8-11)16-13-12(14(18)19)4-3-9-15-13/h3-9H,1-2H3,(H,15,16)(H,18,19). The van der Waals surface area contributed by atoms with E-state index in [0.717, 1.165) is 11.4 Å². The van der Waals surface area contributed by atoms with Gasteiger partial charge in [-0.2, -0.15) is 0 Å². The molecule has 0 aliphatic carbocycles. The average molecular weight is 257 g/mol. The largest absolute Gasteiger partial charge is 0.478 e. The molecule has 1 heterocycles. The Bertz CT molecular complexity index is 579. The van der Waals surface area contributed by atoms with Crippen LogP contribution in [0.1, 0.15) is 10.4 Å². The number of carbonyl (C=O) groups is 1. The quantitative estimate of drug-likeness (QED) is 0.881. The van der Waals surface area contributed by atoms with Crippen LogP contribution in [-0.2, 0) is 0 Å². The van der Waals surface area contributed by atoms with Gasteiger partial charge < -0.3 is 15.3 Å². The molecule has 0 saturated carbocycles. The third-order valence-corrected chi connectivity index (χ3v) is 2.68. The molecule has 5 nitrogen and oxygen atoms in total. The Morgan fingerprint density at radius 3 is 2.47 bits per heavy atom. The fourth-order valence-electron chi connectivity index (χ4n) is 1.66. The number of hydrogen-bond acceptors (Lipinski definition) is 4. The zero-order chi connectivity index (χ0) is 13.8. The van der Waals surface area contributed by atoms with Gasteiger partial charge in [0.1, 0.15) is 11.4 Å². The van der Waals surface area contributed by atoms with Gasteiger partial charge in [-0.05, 0) is 36.4 Å². The minimum absolute atomic E-state index is 0.152. The van der Waals surface area contributed by atoms with Gasteiger partial charge in [-0.3, -0.25) is 0 Å². The highest BCUT2D eigenvalue weighted by Gasteiger charge is 2.10. The number of benzene rings is 1. The van der Waals surface area contributed by atoms with Crippen LogP contribution >= 0.6 is 0 Å². The molecule has 0 saturated heterocycles. The number of nitrogens with one attached hydrogen (secondary N) is 1. The summed E-state index contributed by atoms with van der Waals surface area (Å²) >= 11 is 0. The molecule has 0 radical (unpaired) electrons. The van der Waals surface area contributed by atoms with E-state index in [9.17, 15) is 4.79 Å². The smallest absolute Gasteiger partial charge is 0.339 e. The Morgan fingerprint density at radius 2 is 1.89 bits per heavy atom. The second-order valence-corrected chi connectivity index (χ2v) is 4.27. The number of carboxylic acid groups (broad SMARTS) is 1. The van der Waals surface area contributed by atoms with Crippen molar-refractivity contribution in [1.82, 2.24) is 4.98 Å². The second-order valence-electron chi connectivity index (χ2n) is 4.27. The molecule has 2 rings (SSSR count). The lowest BCUT2D eigenvalue weighted by molar-refractivity contribution is 0.0697. The summed E-state index contributed by atoms with van der Waals surface area (Å²) in [6, 6.07) is 10.8. The molecule has 0 amide bonds. The Hall–Kier alpha value is -2.56. The van der Waals surface area contributed by atoms with E-state index in [1.807, 2.05) is 43.3 Å². The van der Waals surface area contributed by atoms with E-state index < -0.39 is 5.97 Å². The molecule has 0 atom stereocenters. The summed E-state index contributed by atoms with van der Waals surface area (Å²) in [6.07, 6.45) is 1.56. The first-order valence-corrected chi connectivity index (χ1v) is 5.80. The van der Waals surface area contributed by atoms with E-state index in [2.05, 4.69) is 10.3 Å². The highest BCUT2D eigenvalue weighted by molar-refractivity contribution is 5.93. The maximum absolute atomic E-state index is 11.1. The second kappa shape index (κ2) is 5.39. The molecule has 19 heavy (non-hydrogen) atoms. The molecule has 0 fully saturated rings. The van der Waals surface area contributed by atoms with Crippen molar-refractivity contribution in [2.75, 3.05) is 24.3 Å². The molecule has 1 aromatic carbocycles. The zero-order valence-corrected chi connectivity index (χ0v) is 10.8. The van der Waals surface area contributed by atoms with Gasteiger partial charge in [0.15, 0.2) is 0 Å². The summed E-state index contributed by atoms with van der Waals surface area (Å²) in [5, 5.41) is 12.1. The van der Waals surface area contributed by atoms with Crippen molar-refractivity contribution in [1.29, 1.82) is 0 Å². The molecule has 2 N–H and O–H groups in total. The minimum Gasteiger partial charge on any atom is -0.478 e. The van der Waals surface area contributed by atoms with Crippen molar-refractivity contribution in [2.45, 2.75) is 0 Å². The van der Waals surface area contributed by atoms with Crippen molar-refractivity contribution in [3.05, 3.63) is 48.2 Å². The topological polar surface area (TPSA) is 65.5 Å². The lowest BCUT2D eigenvalue weighted by Crippen LogP contribution is -2.08. The Morgan fingerprint density at radius 1 is 1.21 bits per heavy atom. The fraction of sp³-hybridized carbons (Fsp3) is 0.143. The average Bonchev–Trinajstić information content (AvgIpc) is 2.39. The number of aromatic carboxylic acids is 1. The number of hydrogen-bond donors (Lipinski definition) is 2. The van der Waals surface area contributed by atoms with Crippen LogP contribution in [0.25, 0.3) is 0 Å². The highest BCUT2D eigenvalue weighted by Crippen LogP contribution is 2.21. The highest BCUT2D eigenvalue weighted by atomic mass is 16.4. The number of carboxylic acids is 1. The van der Waals surface area contributed by atoms with E-state index in [-0.39, 0.29) is 5.56 Å². The van der Waals surface area contributed by atoms with Gasteiger partial charge in [0.2, 0.25) is 0 Å². The summed E-state index contributed by atoms with van der Waals surface area (Å²) in [5.41, 5.74) is 2.02. The predicted octanol–water partition coefficient (Wildman–Crippen LogP) is 2.59. The third kappa shape index (κ3) is 3.01. The minimum atomic E-state index is -1.000. The molecular weight excluding hydrogens is 242 g/mol. The van der Waals surface area contributed by atoms with Crippen molar-refractivity contribution in [3.8, 4) is 0 Å². The van der Waals surface area contributed by atoms with Crippen LogP contribution in [0.3, 0.4) is 0 Å². The molecule has 0 spiro atoms. The van der Waals surface area contributed by atoms with Crippen molar-refractivity contribution < 1.29 is 9.90 Å². The van der Waals surface area contributed by atoms with E-state index in [0.29, 0.717) is 5.82 Å². The molecule has 2 aromatic rings. The van der Waals surface area contributed by atoms with Gasteiger partial charge in [-0.1, -0.05) is 0 Å². The van der Waals surface area contributed by atoms with E-state index >= 15 is 0 Å². The van der Waals surface area contributed by atoms with Crippen molar-refractivity contribution >= 4 is 23.2 Å². The van der Waals surface area contributed by atoms with Crippen molar-refractivity contribution in [2.24, 2.45) is 0 Å².